The van der Waals surface area contributed by atoms with E-state index in [1.165, 1.54) is 6.20 Å². The third-order valence-corrected chi connectivity index (χ3v) is 3.12. The number of nitrogens with one attached hydrogen (secondary N) is 3. The molecule has 2 rings (SSSR count). The van der Waals surface area contributed by atoms with Crippen LogP contribution in [0.2, 0.25) is 0 Å². The van der Waals surface area contributed by atoms with Crippen LogP contribution >= 0.6 is 12.4 Å². The van der Waals surface area contributed by atoms with Crippen molar-refractivity contribution in [3.63, 3.8) is 0 Å². The van der Waals surface area contributed by atoms with E-state index in [9.17, 15) is 9.59 Å². The van der Waals surface area contributed by atoms with Crippen LogP contribution in [0, 0.1) is 0 Å². The zero-order valence-electron chi connectivity index (χ0n) is 11.3. The van der Waals surface area contributed by atoms with Gasteiger partial charge in [-0.05, 0) is 31.5 Å². The number of amides is 2. The Balaban J connectivity index is 0.00000200. The van der Waals surface area contributed by atoms with Crippen LogP contribution in [-0.4, -0.2) is 43.0 Å². The third-order valence-electron chi connectivity index (χ3n) is 3.12. The topological polar surface area (TPSA) is 83.1 Å². The Morgan fingerprint density at radius 3 is 2.70 bits per heavy atom. The van der Waals surface area contributed by atoms with E-state index in [1.54, 1.807) is 19.2 Å². The van der Waals surface area contributed by atoms with E-state index in [1.807, 2.05) is 0 Å². The summed E-state index contributed by atoms with van der Waals surface area (Å²) in [5.74, 6) is -0.409. The Morgan fingerprint density at radius 2 is 2.15 bits per heavy atom. The molecule has 2 heterocycles. The highest BCUT2D eigenvalue weighted by molar-refractivity contribution is 5.96. The van der Waals surface area contributed by atoms with Gasteiger partial charge in [0.25, 0.3) is 11.8 Å². The molecule has 0 spiro atoms. The molecule has 0 aliphatic carbocycles. The smallest absolute Gasteiger partial charge is 0.269 e. The fourth-order valence-corrected chi connectivity index (χ4v) is 2.03. The standard InChI is InChI=1S/C13H18N4O2.ClH/c1-14-13(19)11-5-4-9(7-16-11)12(18)17-10-3-2-6-15-8-10;/h4-5,7,10,15H,2-3,6,8H2,1H3,(H,14,19)(H,17,18);1H/t10-;/m0./s1. The molecule has 1 saturated heterocycles. The molecule has 0 aromatic carbocycles. The molecule has 1 aromatic heterocycles. The van der Waals surface area contributed by atoms with Gasteiger partial charge in [-0.25, -0.2) is 0 Å². The molecule has 2 amide bonds. The second kappa shape index (κ2) is 7.81. The highest BCUT2D eigenvalue weighted by atomic mass is 35.5. The third kappa shape index (κ3) is 4.18. The van der Waals surface area contributed by atoms with Crippen LogP contribution in [0.15, 0.2) is 18.3 Å². The average Bonchev–Trinajstić information content (AvgIpc) is 2.47. The molecule has 1 aliphatic rings. The normalized spacial score (nSPS) is 17.8. The van der Waals surface area contributed by atoms with Gasteiger partial charge in [0, 0.05) is 25.8 Å². The highest BCUT2D eigenvalue weighted by Crippen LogP contribution is 2.05. The summed E-state index contributed by atoms with van der Waals surface area (Å²) < 4.78 is 0. The monoisotopic (exact) mass is 298 g/mol. The van der Waals surface area contributed by atoms with Crippen molar-refractivity contribution >= 4 is 24.2 Å². The van der Waals surface area contributed by atoms with Crippen molar-refractivity contribution in [1.29, 1.82) is 0 Å². The number of pyridine rings is 1. The van der Waals surface area contributed by atoms with Gasteiger partial charge in [-0.2, -0.15) is 0 Å². The van der Waals surface area contributed by atoms with E-state index in [0.29, 0.717) is 11.3 Å². The summed E-state index contributed by atoms with van der Waals surface area (Å²) in [5, 5.41) is 8.68. The summed E-state index contributed by atoms with van der Waals surface area (Å²) in [6, 6.07) is 3.33. The van der Waals surface area contributed by atoms with Crippen LogP contribution in [0.4, 0.5) is 0 Å². The molecular formula is C13H19ClN4O2. The number of rotatable bonds is 3. The quantitative estimate of drug-likeness (QED) is 0.752. The lowest BCUT2D eigenvalue weighted by Crippen LogP contribution is -2.45. The number of carbonyl (C=O) groups excluding carboxylic acids is 2. The fraction of sp³-hybridized carbons (Fsp3) is 0.462. The molecule has 7 heteroatoms. The Labute approximate surface area is 124 Å². The maximum atomic E-state index is 12.0. The molecule has 6 nitrogen and oxygen atoms in total. The lowest BCUT2D eigenvalue weighted by molar-refractivity contribution is 0.0925. The van der Waals surface area contributed by atoms with Crippen molar-refractivity contribution in [2.75, 3.05) is 20.1 Å². The molecule has 0 bridgehead atoms. The molecule has 0 radical (unpaired) electrons. The second-order valence-electron chi connectivity index (χ2n) is 4.53. The summed E-state index contributed by atoms with van der Waals surface area (Å²) in [6.07, 6.45) is 3.48. The average molecular weight is 299 g/mol. The first-order valence-electron chi connectivity index (χ1n) is 6.40. The Kier molecular flexibility index (Phi) is 6.41. The van der Waals surface area contributed by atoms with E-state index < -0.39 is 0 Å². The van der Waals surface area contributed by atoms with Gasteiger partial charge in [-0.3, -0.25) is 14.6 Å². The van der Waals surface area contributed by atoms with Crippen molar-refractivity contribution in [1.82, 2.24) is 20.9 Å². The SMILES string of the molecule is CNC(=O)c1ccc(C(=O)N[C@H]2CCCNC2)cn1.Cl. The molecule has 110 valence electrons. The molecule has 0 unspecified atom stereocenters. The number of hydrogen-bond acceptors (Lipinski definition) is 4. The van der Waals surface area contributed by atoms with Gasteiger partial charge >= 0.3 is 0 Å². The first kappa shape index (κ1) is 16.4. The zero-order valence-corrected chi connectivity index (χ0v) is 12.1. The van der Waals surface area contributed by atoms with Gasteiger partial charge in [-0.1, -0.05) is 0 Å². The predicted molar refractivity (Wildman–Crippen MR) is 78.2 cm³/mol. The van der Waals surface area contributed by atoms with Crippen LogP contribution in [0.1, 0.15) is 33.7 Å². The molecule has 1 fully saturated rings. The maximum absolute atomic E-state index is 12.0. The van der Waals surface area contributed by atoms with E-state index in [0.717, 1.165) is 25.9 Å². The Bertz CT molecular complexity index is 458. The molecule has 0 saturated carbocycles. The summed E-state index contributed by atoms with van der Waals surface area (Å²) in [5.41, 5.74) is 0.775. The minimum absolute atomic E-state index is 0. The number of nitrogens with zero attached hydrogens (tertiary/aromatic N) is 1. The van der Waals surface area contributed by atoms with Crippen molar-refractivity contribution in [2.24, 2.45) is 0 Å². The van der Waals surface area contributed by atoms with Gasteiger partial charge in [-0.15, -0.1) is 12.4 Å². The molecule has 3 N–H and O–H groups in total. The highest BCUT2D eigenvalue weighted by Gasteiger charge is 2.16. The Morgan fingerprint density at radius 1 is 1.35 bits per heavy atom. The molecule has 1 aliphatic heterocycles. The van der Waals surface area contributed by atoms with E-state index >= 15 is 0 Å². The first-order valence-corrected chi connectivity index (χ1v) is 6.40. The van der Waals surface area contributed by atoms with Crippen LogP contribution < -0.4 is 16.0 Å². The van der Waals surface area contributed by atoms with Crippen LogP contribution in [0.25, 0.3) is 0 Å². The number of aromatic nitrogens is 1. The van der Waals surface area contributed by atoms with Crippen LogP contribution in [-0.2, 0) is 0 Å². The number of carbonyl (C=O) groups is 2. The van der Waals surface area contributed by atoms with Gasteiger partial charge in [0.15, 0.2) is 0 Å². The minimum atomic E-state index is -0.261. The molecule has 20 heavy (non-hydrogen) atoms. The lowest BCUT2D eigenvalue weighted by Gasteiger charge is -2.23. The van der Waals surface area contributed by atoms with Crippen molar-refractivity contribution in [3.05, 3.63) is 29.6 Å². The Hall–Kier alpha value is -1.66. The molecule has 1 aromatic rings. The molecular weight excluding hydrogens is 280 g/mol. The van der Waals surface area contributed by atoms with E-state index in [-0.39, 0.29) is 30.3 Å². The zero-order chi connectivity index (χ0) is 13.7. The summed E-state index contributed by atoms with van der Waals surface area (Å²) in [6.45, 7) is 1.81. The van der Waals surface area contributed by atoms with Crippen LogP contribution in [0.5, 0.6) is 0 Å². The van der Waals surface area contributed by atoms with E-state index in [2.05, 4.69) is 20.9 Å². The largest absolute Gasteiger partial charge is 0.354 e. The summed E-state index contributed by atoms with van der Waals surface area (Å²) in [4.78, 5) is 27.3. The van der Waals surface area contributed by atoms with Crippen molar-refractivity contribution in [3.8, 4) is 0 Å². The maximum Gasteiger partial charge on any atom is 0.269 e. The number of halogens is 1. The van der Waals surface area contributed by atoms with Crippen molar-refractivity contribution < 1.29 is 9.59 Å². The lowest BCUT2D eigenvalue weighted by atomic mass is 10.1. The second-order valence-corrected chi connectivity index (χ2v) is 4.53. The molecule has 1 atom stereocenters. The number of hydrogen-bond donors (Lipinski definition) is 3. The van der Waals surface area contributed by atoms with Crippen LogP contribution in [0.3, 0.4) is 0 Å². The van der Waals surface area contributed by atoms with Gasteiger partial charge in [0.1, 0.15) is 5.69 Å². The summed E-state index contributed by atoms with van der Waals surface area (Å²) >= 11 is 0. The fourth-order valence-electron chi connectivity index (χ4n) is 2.03. The van der Waals surface area contributed by atoms with E-state index in [4.69, 9.17) is 0 Å². The van der Waals surface area contributed by atoms with Crippen molar-refractivity contribution in [2.45, 2.75) is 18.9 Å². The number of piperidine rings is 1. The van der Waals surface area contributed by atoms with Gasteiger partial charge in [0.2, 0.25) is 0 Å². The van der Waals surface area contributed by atoms with Gasteiger partial charge < -0.3 is 16.0 Å². The van der Waals surface area contributed by atoms with Gasteiger partial charge in [0.05, 0.1) is 5.56 Å². The first-order chi connectivity index (χ1) is 9.20. The summed E-state index contributed by atoms with van der Waals surface area (Å²) in [7, 11) is 1.54. The minimum Gasteiger partial charge on any atom is -0.354 e. The predicted octanol–water partition coefficient (Wildman–Crippen LogP) is 0.345.